The van der Waals surface area contributed by atoms with Crippen LogP contribution in [-0.4, -0.2) is 22.6 Å². The predicted molar refractivity (Wildman–Crippen MR) is 111 cm³/mol. The minimum atomic E-state index is -0.423. The second-order valence-electron chi connectivity index (χ2n) is 6.06. The van der Waals surface area contributed by atoms with Gasteiger partial charge in [0.15, 0.2) is 5.13 Å². The van der Waals surface area contributed by atoms with Crippen LogP contribution in [-0.2, 0) is 4.79 Å². The summed E-state index contributed by atoms with van der Waals surface area (Å²) in [5.41, 5.74) is 9.93. The fraction of sp³-hybridized carbons (Fsp3) is 0.150. The summed E-state index contributed by atoms with van der Waals surface area (Å²) in [6.45, 7) is 4.10. The normalized spacial score (nSPS) is 10.6. The van der Waals surface area contributed by atoms with Gasteiger partial charge in [-0.25, -0.2) is 4.98 Å². The summed E-state index contributed by atoms with van der Waals surface area (Å²) in [4.78, 5) is 28.9. The van der Waals surface area contributed by atoms with Gasteiger partial charge in [0.1, 0.15) is 0 Å². The lowest BCUT2D eigenvalue weighted by atomic mass is 10.0. The van der Waals surface area contributed by atoms with E-state index in [0.29, 0.717) is 15.6 Å². The zero-order valence-electron chi connectivity index (χ0n) is 15.0. The van der Waals surface area contributed by atoms with Gasteiger partial charge in [0.2, 0.25) is 5.91 Å². The Balaban J connectivity index is 1.78. The number of aryl methyl sites for hydroxylation is 2. The molecule has 0 aliphatic rings. The van der Waals surface area contributed by atoms with Gasteiger partial charge in [0.25, 0.3) is 5.91 Å². The van der Waals surface area contributed by atoms with Crippen molar-refractivity contribution in [2.24, 2.45) is 5.73 Å². The number of hydrogen-bond donors (Lipinski definition) is 2. The number of amides is 2. The quantitative estimate of drug-likeness (QED) is 0.609. The number of hydrogen-bond acceptors (Lipinski definition) is 5. The van der Waals surface area contributed by atoms with Gasteiger partial charge >= 0.3 is 0 Å². The fourth-order valence-electron chi connectivity index (χ4n) is 2.65. The highest BCUT2D eigenvalue weighted by Crippen LogP contribution is 2.29. The number of carbonyl (C=O) groups is 2. The Morgan fingerprint density at radius 1 is 1.19 bits per heavy atom. The molecule has 0 bridgehead atoms. The van der Waals surface area contributed by atoms with Gasteiger partial charge in [-0.05, 0) is 31.5 Å². The summed E-state index contributed by atoms with van der Waals surface area (Å²) in [6.07, 6.45) is 0. The molecule has 0 unspecified atom stereocenters. The maximum absolute atomic E-state index is 12.7. The number of thiazole rings is 1. The second-order valence-corrected chi connectivity index (χ2v) is 7.94. The van der Waals surface area contributed by atoms with Gasteiger partial charge < -0.3 is 5.73 Å². The molecule has 0 aliphatic heterocycles. The Labute approximate surface area is 166 Å². The largest absolute Gasteiger partial charge is 0.369 e. The molecule has 1 aromatic heterocycles. The molecule has 0 fully saturated rings. The minimum Gasteiger partial charge on any atom is -0.369 e. The van der Waals surface area contributed by atoms with Crippen LogP contribution in [0, 0.1) is 13.8 Å². The molecular formula is C20H19N3O2S2. The number of nitrogens with one attached hydrogen (secondary N) is 1. The highest BCUT2D eigenvalue weighted by molar-refractivity contribution is 8.00. The van der Waals surface area contributed by atoms with E-state index in [1.807, 2.05) is 30.5 Å². The van der Waals surface area contributed by atoms with Gasteiger partial charge in [-0.15, -0.1) is 23.1 Å². The van der Waals surface area contributed by atoms with Crippen LogP contribution in [0.3, 0.4) is 0 Å². The third kappa shape index (κ3) is 4.75. The summed E-state index contributed by atoms with van der Waals surface area (Å²) in [5.74, 6) is -0.560. The molecular weight excluding hydrogens is 378 g/mol. The van der Waals surface area contributed by atoms with Gasteiger partial charge in [0, 0.05) is 15.8 Å². The zero-order valence-corrected chi connectivity index (χ0v) is 16.6. The average Bonchev–Trinajstić information content (AvgIpc) is 3.08. The third-order valence-corrected chi connectivity index (χ3v) is 5.74. The monoisotopic (exact) mass is 397 g/mol. The fourth-order valence-corrected chi connectivity index (χ4v) is 4.14. The first kappa shape index (κ1) is 19.1. The molecule has 7 heteroatoms. The predicted octanol–water partition coefficient (Wildman–Crippen LogP) is 4.26. The molecule has 0 aliphatic carbocycles. The van der Waals surface area contributed by atoms with Gasteiger partial charge in [-0.3, -0.25) is 14.9 Å². The molecule has 138 valence electrons. The summed E-state index contributed by atoms with van der Waals surface area (Å²) in [5, 5.41) is 5.31. The molecule has 3 aromatic rings. The Morgan fingerprint density at radius 2 is 1.96 bits per heavy atom. The molecule has 0 saturated heterocycles. The van der Waals surface area contributed by atoms with Crippen LogP contribution in [0.4, 0.5) is 5.13 Å². The van der Waals surface area contributed by atoms with E-state index in [2.05, 4.69) is 23.3 Å². The van der Waals surface area contributed by atoms with Gasteiger partial charge in [-0.2, -0.15) is 0 Å². The van der Waals surface area contributed by atoms with Gasteiger partial charge in [0.05, 0.1) is 17.0 Å². The van der Waals surface area contributed by atoms with Crippen molar-refractivity contribution in [1.29, 1.82) is 0 Å². The molecule has 2 aromatic carbocycles. The number of rotatable bonds is 6. The average molecular weight is 398 g/mol. The number of carbonyl (C=O) groups excluding carboxylic acids is 2. The van der Waals surface area contributed by atoms with E-state index in [1.54, 1.807) is 18.2 Å². The molecule has 1 heterocycles. The van der Waals surface area contributed by atoms with Crippen molar-refractivity contribution in [3.63, 3.8) is 0 Å². The van der Waals surface area contributed by atoms with Crippen molar-refractivity contribution < 1.29 is 9.59 Å². The Bertz CT molecular complexity index is 998. The molecule has 0 atom stereocenters. The first-order chi connectivity index (χ1) is 12.9. The van der Waals surface area contributed by atoms with Crippen LogP contribution in [0.25, 0.3) is 11.3 Å². The van der Waals surface area contributed by atoms with Crippen molar-refractivity contribution >= 4 is 40.0 Å². The third-order valence-electron chi connectivity index (χ3n) is 3.88. The van der Waals surface area contributed by atoms with Gasteiger partial charge in [-0.1, -0.05) is 35.9 Å². The van der Waals surface area contributed by atoms with E-state index >= 15 is 0 Å². The topological polar surface area (TPSA) is 85.1 Å². The van der Waals surface area contributed by atoms with E-state index in [1.165, 1.54) is 28.7 Å². The van der Waals surface area contributed by atoms with Crippen molar-refractivity contribution in [3.05, 3.63) is 64.5 Å². The highest BCUT2D eigenvalue weighted by atomic mass is 32.2. The summed E-state index contributed by atoms with van der Waals surface area (Å²) in [7, 11) is 0. The molecule has 2 amide bonds. The maximum Gasteiger partial charge on any atom is 0.258 e. The first-order valence-electron chi connectivity index (χ1n) is 8.28. The molecule has 27 heavy (non-hydrogen) atoms. The van der Waals surface area contributed by atoms with E-state index in [4.69, 9.17) is 5.73 Å². The molecule has 0 spiro atoms. The van der Waals surface area contributed by atoms with Crippen LogP contribution in [0.1, 0.15) is 21.5 Å². The van der Waals surface area contributed by atoms with Crippen molar-refractivity contribution in [3.8, 4) is 11.3 Å². The standard InChI is InChI=1S/C20H19N3O2S2/c1-12-7-8-14(13(2)9-12)16-10-27-20(22-16)23-19(25)15-5-3-4-6-17(15)26-11-18(21)24/h3-10H,11H2,1-2H3,(H2,21,24)(H,22,23,25). The number of thioether (sulfide) groups is 1. The minimum absolute atomic E-state index is 0.123. The van der Waals surface area contributed by atoms with E-state index in [0.717, 1.165) is 16.8 Å². The Kier molecular flexibility index (Phi) is 5.93. The van der Waals surface area contributed by atoms with E-state index in [-0.39, 0.29) is 11.7 Å². The van der Waals surface area contributed by atoms with Crippen molar-refractivity contribution in [1.82, 2.24) is 4.98 Å². The summed E-state index contributed by atoms with van der Waals surface area (Å²) < 4.78 is 0. The maximum atomic E-state index is 12.7. The Hall–Kier alpha value is -2.64. The number of primary amides is 1. The lowest BCUT2D eigenvalue weighted by molar-refractivity contribution is -0.115. The van der Waals surface area contributed by atoms with Crippen LogP contribution in [0.15, 0.2) is 52.7 Å². The van der Waals surface area contributed by atoms with Crippen molar-refractivity contribution in [2.75, 3.05) is 11.1 Å². The number of nitrogens with zero attached hydrogens (tertiary/aromatic N) is 1. The summed E-state index contributed by atoms with van der Waals surface area (Å²) in [6, 6.07) is 13.3. The van der Waals surface area contributed by atoms with E-state index in [9.17, 15) is 9.59 Å². The van der Waals surface area contributed by atoms with Crippen LogP contribution >= 0.6 is 23.1 Å². The molecule has 0 radical (unpaired) electrons. The highest BCUT2D eigenvalue weighted by Gasteiger charge is 2.15. The second kappa shape index (κ2) is 8.37. The SMILES string of the molecule is Cc1ccc(-c2csc(NC(=O)c3ccccc3SCC(N)=O)n2)c(C)c1. The van der Waals surface area contributed by atoms with Crippen LogP contribution < -0.4 is 11.1 Å². The zero-order chi connectivity index (χ0) is 19.4. The molecule has 5 nitrogen and oxygen atoms in total. The van der Waals surface area contributed by atoms with Crippen LogP contribution in [0.5, 0.6) is 0 Å². The lowest BCUT2D eigenvalue weighted by Crippen LogP contribution is -2.15. The molecule has 3 rings (SSSR count). The number of benzene rings is 2. The summed E-state index contributed by atoms with van der Waals surface area (Å²) >= 11 is 2.63. The lowest BCUT2D eigenvalue weighted by Gasteiger charge is -2.07. The smallest absolute Gasteiger partial charge is 0.258 e. The van der Waals surface area contributed by atoms with Crippen LogP contribution in [0.2, 0.25) is 0 Å². The Morgan fingerprint density at radius 3 is 2.70 bits per heavy atom. The first-order valence-corrected chi connectivity index (χ1v) is 10.1. The number of nitrogens with two attached hydrogens (primary N) is 1. The van der Waals surface area contributed by atoms with E-state index < -0.39 is 5.91 Å². The molecule has 3 N–H and O–H groups in total. The number of aromatic nitrogens is 1. The molecule has 0 saturated carbocycles. The van der Waals surface area contributed by atoms with Crippen molar-refractivity contribution in [2.45, 2.75) is 18.7 Å². The number of anilines is 1.